The molecule has 178 valence electrons. The molecule has 0 amide bonds. The van der Waals surface area contributed by atoms with E-state index < -0.39 is 6.36 Å². The molecule has 3 aliphatic rings. The van der Waals surface area contributed by atoms with Crippen molar-refractivity contribution in [1.82, 2.24) is 0 Å². The monoisotopic (exact) mass is 473 g/mol. The molecule has 2 aliphatic carbocycles. The lowest BCUT2D eigenvalue weighted by molar-refractivity contribution is -0.295. The average Bonchev–Trinajstić information content (AvgIpc) is 2.77. The first-order valence-electron chi connectivity index (χ1n) is 11.0. The molecule has 0 radical (unpaired) electrons. The Bertz CT molecular complexity index is 397. The molecule has 1 N–H and O–H groups in total. The number of hydrogen-bond donors (Lipinski definition) is 1. The van der Waals surface area contributed by atoms with Gasteiger partial charge in [0.1, 0.15) is 19.3 Å². The Morgan fingerprint density at radius 2 is 1.33 bits per heavy atom. The van der Waals surface area contributed by atoms with Crippen LogP contribution >= 0.6 is 11.8 Å². The van der Waals surface area contributed by atoms with Crippen molar-refractivity contribution in [3.8, 4) is 0 Å². The van der Waals surface area contributed by atoms with Crippen LogP contribution in [0.1, 0.15) is 77.6 Å². The minimum atomic E-state index is -5.00. The molecule has 30 heavy (non-hydrogen) atoms. The second kappa shape index (κ2) is 17.4. The number of alkyl halides is 3. The second-order valence-corrected chi connectivity index (χ2v) is 11.2. The molecule has 1 aliphatic heterocycles. The molecule has 2 saturated carbocycles. The minimum Gasteiger partial charge on any atom is -0.308 e. The summed E-state index contributed by atoms with van der Waals surface area (Å²) in [5.74, 6) is 7.30. The molecule has 3 rings (SSSR count). The summed E-state index contributed by atoms with van der Waals surface area (Å²) in [5.41, 5.74) is 0. The van der Waals surface area contributed by atoms with Crippen LogP contribution < -0.4 is 0 Å². The fourth-order valence-electron chi connectivity index (χ4n) is 5.08. The van der Waals surface area contributed by atoms with Crippen LogP contribution in [0.3, 0.4) is 0 Å². The van der Waals surface area contributed by atoms with E-state index in [1.165, 1.54) is 30.8 Å². The fraction of sp³-hybridized carbons (Fsp3) is 0.909. The summed E-state index contributed by atoms with van der Waals surface area (Å²) < 4.78 is 30.7. The third-order valence-corrected chi connectivity index (χ3v) is 9.88. The Morgan fingerprint density at radius 1 is 0.900 bits per heavy atom. The molecule has 0 aromatic carbocycles. The summed E-state index contributed by atoms with van der Waals surface area (Å²) in [6, 6.07) is 0. The molecule has 1 atom stereocenters. The summed E-state index contributed by atoms with van der Waals surface area (Å²) >= 11 is 4.08. The van der Waals surface area contributed by atoms with E-state index in [4.69, 9.17) is 14.7 Å². The van der Waals surface area contributed by atoms with Crippen molar-refractivity contribution in [2.24, 2.45) is 23.7 Å². The molecular weight excluding hydrogens is 433 g/mol. The van der Waals surface area contributed by atoms with Crippen LogP contribution in [0, 0.1) is 23.7 Å². The van der Waals surface area contributed by atoms with Crippen LogP contribution in [0.25, 0.3) is 0 Å². The van der Waals surface area contributed by atoms with Crippen molar-refractivity contribution in [1.29, 1.82) is 0 Å². The lowest BCUT2D eigenvalue weighted by Crippen LogP contribution is -2.31. The molecule has 1 saturated heterocycles. The predicted molar refractivity (Wildman–Crippen MR) is 123 cm³/mol. The van der Waals surface area contributed by atoms with Crippen LogP contribution in [0.15, 0.2) is 0 Å². The van der Waals surface area contributed by atoms with E-state index in [2.05, 4.69) is 18.7 Å². The second-order valence-electron chi connectivity index (χ2n) is 8.23. The van der Waals surface area contributed by atoms with E-state index in [0.717, 1.165) is 28.3 Å². The summed E-state index contributed by atoms with van der Waals surface area (Å²) in [5, 5.41) is 6.52. The van der Waals surface area contributed by atoms with Crippen molar-refractivity contribution in [3.05, 3.63) is 0 Å². The zero-order valence-corrected chi connectivity index (χ0v) is 20.0. The number of halogens is 3. The van der Waals surface area contributed by atoms with Gasteiger partial charge in [-0.25, -0.2) is 0 Å². The highest BCUT2D eigenvalue weighted by Gasteiger charge is 2.36. The van der Waals surface area contributed by atoms with Crippen LogP contribution in [0.4, 0.5) is 13.2 Å². The van der Waals surface area contributed by atoms with E-state index in [1.54, 1.807) is 63.1 Å². The summed E-state index contributed by atoms with van der Waals surface area (Å²) in [7, 11) is 0. The normalized spacial score (nSPS) is 31.6. The smallest absolute Gasteiger partial charge is 0.308 e. The van der Waals surface area contributed by atoms with Crippen LogP contribution in [-0.2, 0) is 21.4 Å². The molecule has 1 unspecified atom stereocenters. The standard InChI is InChI=1S/C19H34S2.CHF3O.2CH2O/c1-2-4-15-5-7-16(8-6-15)17-9-11-18(12-10-17)19-20-13-3-14-21-19;2-1(3,4)5;2*1-2/h15-19H,2-14H2,1H3;5H;2*1H2/p+1. The Kier molecular flexibility index (Phi) is 17.2. The third kappa shape index (κ3) is 13.3. The SMILES string of the molecule is C=O.C=O.CCCC1CCC(C2CCC(C3SCCC[SH+]3)CC2)CC1.OC(F)(F)F. The number of thiol groups is 1. The Morgan fingerprint density at radius 3 is 1.73 bits per heavy atom. The minimum absolute atomic E-state index is 1.01. The summed E-state index contributed by atoms with van der Waals surface area (Å²) in [6.45, 7) is 6.36. The largest absolute Gasteiger partial charge is 0.519 e. The molecule has 0 aromatic heterocycles. The molecule has 0 aromatic rings. The van der Waals surface area contributed by atoms with E-state index >= 15 is 0 Å². The van der Waals surface area contributed by atoms with Gasteiger partial charge in [0, 0.05) is 18.1 Å². The highest BCUT2D eigenvalue weighted by molar-refractivity contribution is 8.10. The molecular formula is C22H40F3O3S2+. The molecule has 0 bridgehead atoms. The maximum absolute atomic E-state index is 9.91. The molecule has 1 heterocycles. The van der Waals surface area contributed by atoms with Gasteiger partial charge in [-0.1, -0.05) is 32.6 Å². The Balaban J connectivity index is 0.000000808. The molecule has 8 heteroatoms. The van der Waals surface area contributed by atoms with E-state index in [0.29, 0.717) is 0 Å². The zero-order chi connectivity index (χ0) is 23.0. The molecule has 0 spiro atoms. The Labute approximate surface area is 188 Å². The van der Waals surface area contributed by atoms with Gasteiger partial charge in [0.25, 0.3) is 0 Å². The van der Waals surface area contributed by atoms with Crippen LogP contribution in [-0.4, -0.2) is 41.1 Å². The number of rotatable bonds is 4. The van der Waals surface area contributed by atoms with E-state index in [1.807, 2.05) is 13.6 Å². The topological polar surface area (TPSA) is 54.4 Å². The molecule has 3 fully saturated rings. The van der Waals surface area contributed by atoms with Gasteiger partial charge in [0.15, 0.2) is 4.58 Å². The van der Waals surface area contributed by atoms with Crippen LogP contribution in [0.5, 0.6) is 0 Å². The van der Waals surface area contributed by atoms with Crippen molar-refractivity contribution < 1.29 is 27.9 Å². The average molecular weight is 474 g/mol. The number of thioether (sulfide) groups is 1. The van der Waals surface area contributed by atoms with Crippen molar-refractivity contribution in [2.45, 2.75) is 88.5 Å². The molecule has 3 nitrogen and oxygen atoms in total. The number of aliphatic hydroxyl groups is 1. The van der Waals surface area contributed by atoms with E-state index in [-0.39, 0.29) is 0 Å². The van der Waals surface area contributed by atoms with Gasteiger partial charge in [0.2, 0.25) is 0 Å². The van der Waals surface area contributed by atoms with Crippen molar-refractivity contribution >= 4 is 37.1 Å². The van der Waals surface area contributed by atoms with Gasteiger partial charge in [-0.15, -0.1) is 24.9 Å². The van der Waals surface area contributed by atoms with Gasteiger partial charge in [-0.05, 0) is 68.0 Å². The quantitative estimate of drug-likeness (QED) is 0.414. The lowest BCUT2D eigenvalue weighted by atomic mass is 9.69. The summed E-state index contributed by atoms with van der Waals surface area (Å²) in [4.78, 5) is 16.0. The van der Waals surface area contributed by atoms with Gasteiger partial charge in [-0.2, -0.15) is 0 Å². The van der Waals surface area contributed by atoms with Gasteiger partial charge < -0.3 is 14.7 Å². The van der Waals surface area contributed by atoms with Crippen LogP contribution in [0.2, 0.25) is 0 Å². The predicted octanol–water partition coefficient (Wildman–Crippen LogP) is 5.81. The first kappa shape index (κ1) is 29.8. The first-order valence-corrected chi connectivity index (χ1v) is 13.2. The van der Waals surface area contributed by atoms with Crippen molar-refractivity contribution in [2.75, 3.05) is 11.5 Å². The van der Waals surface area contributed by atoms with E-state index in [9.17, 15) is 13.2 Å². The fourth-order valence-corrected chi connectivity index (χ4v) is 8.64. The summed E-state index contributed by atoms with van der Waals surface area (Å²) in [6.07, 6.45) is 11.9. The lowest BCUT2D eigenvalue weighted by Gasteiger charge is -2.38. The highest BCUT2D eigenvalue weighted by atomic mass is 32.2. The number of carbonyl (C=O) groups excluding carboxylic acids is 2. The maximum Gasteiger partial charge on any atom is 0.519 e. The van der Waals surface area contributed by atoms with Crippen molar-refractivity contribution in [3.63, 3.8) is 0 Å². The van der Waals surface area contributed by atoms with Gasteiger partial charge in [0.05, 0.1) is 0 Å². The number of carbonyl (C=O) groups is 2. The first-order chi connectivity index (χ1) is 14.4. The number of hydrogen-bond acceptors (Lipinski definition) is 4. The van der Waals surface area contributed by atoms with Gasteiger partial charge >= 0.3 is 6.36 Å². The third-order valence-electron chi connectivity index (χ3n) is 6.37. The highest BCUT2D eigenvalue weighted by Crippen LogP contribution is 2.44. The Hall–Kier alpha value is -0.210. The maximum atomic E-state index is 9.91. The zero-order valence-electron chi connectivity index (χ0n) is 18.2. The van der Waals surface area contributed by atoms with Gasteiger partial charge in [-0.3, -0.25) is 0 Å².